The van der Waals surface area contributed by atoms with Crippen molar-refractivity contribution in [2.24, 2.45) is 23.2 Å². The van der Waals surface area contributed by atoms with Gasteiger partial charge < -0.3 is 10.1 Å². The van der Waals surface area contributed by atoms with Gasteiger partial charge in [-0.25, -0.2) is 0 Å². The summed E-state index contributed by atoms with van der Waals surface area (Å²) in [5.41, 5.74) is 2.62. The molecule has 1 aromatic heterocycles. The first-order chi connectivity index (χ1) is 16.4. The summed E-state index contributed by atoms with van der Waals surface area (Å²) in [6.45, 7) is 2.21. The minimum absolute atomic E-state index is 0.0726. The molecule has 5 atom stereocenters. The van der Waals surface area contributed by atoms with Gasteiger partial charge in [-0.3, -0.25) is 9.59 Å². The number of methoxy groups -OCH3 is 1. The van der Waals surface area contributed by atoms with Crippen LogP contribution in [0.2, 0.25) is 5.02 Å². The molecule has 180 valence electrons. The Labute approximate surface area is 205 Å². The molecule has 0 aliphatic heterocycles. The first-order valence-corrected chi connectivity index (χ1v) is 12.8. The summed E-state index contributed by atoms with van der Waals surface area (Å²) in [7, 11) is 1.53. The third-order valence-corrected chi connectivity index (χ3v) is 8.86. The predicted molar refractivity (Wildman–Crippen MR) is 131 cm³/mol. The molecular formula is C27H32ClN3O3. The molecule has 7 heteroatoms. The Kier molecular flexibility index (Phi) is 6.36. The molecule has 34 heavy (non-hydrogen) atoms. The summed E-state index contributed by atoms with van der Waals surface area (Å²) in [6, 6.07) is 9.71. The number of amides is 1. The standard InChI is InChI=1S/C27H32ClN3O3/c1-27-13-12-20-19-9-7-18(28)14-16(19)6-8-21(20)26(27)17(15-22(27)32)4-3-5-24(33)29-23-10-11-25(34-2)31-30-23/h7,9-11,14,17,20-21,26H,3-6,8,12-13,15H2,1-2H3,(H,29,30,33)/t17-,20?,21?,26?,27-/m1/s1. The number of nitrogens with one attached hydrogen (secondary N) is 1. The van der Waals surface area contributed by atoms with Gasteiger partial charge in [0.05, 0.1) is 7.11 Å². The monoisotopic (exact) mass is 481 g/mol. The minimum Gasteiger partial charge on any atom is -0.480 e. The number of halogens is 1. The van der Waals surface area contributed by atoms with Crippen molar-refractivity contribution < 1.29 is 14.3 Å². The van der Waals surface area contributed by atoms with Gasteiger partial charge in [0.1, 0.15) is 5.78 Å². The van der Waals surface area contributed by atoms with Gasteiger partial charge in [0.15, 0.2) is 5.82 Å². The number of ketones is 1. The summed E-state index contributed by atoms with van der Waals surface area (Å²) in [5, 5.41) is 11.5. The Morgan fingerprint density at radius 1 is 1.24 bits per heavy atom. The van der Waals surface area contributed by atoms with E-state index in [9.17, 15) is 9.59 Å². The topological polar surface area (TPSA) is 81.2 Å². The average molecular weight is 482 g/mol. The van der Waals surface area contributed by atoms with Gasteiger partial charge in [-0.2, -0.15) is 0 Å². The average Bonchev–Trinajstić information content (AvgIpc) is 3.09. The highest BCUT2D eigenvalue weighted by Gasteiger charge is 2.58. The number of rotatable bonds is 6. The van der Waals surface area contributed by atoms with Crippen LogP contribution in [0.3, 0.4) is 0 Å². The molecule has 1 aromatic carbocycles. The van der Waals surface area contributed by atoms with E-state index in [1.165, 1.54) is 18.2 Å². The van der Waals surface area contributed by atoms with Gasteiger partial charge in [-0.05, 0) is 91.5 Å². The Bertz CT molecular complexity index is 1090. The number of anilines is 1. The summed E-state index contributed by atoms with van der Waals surface area (Å²) >= 11 is 6.26. The van der Waals surface area contributed by atoms with E-state index >= 15 is 0 Å². The van der Waals surface area contributed by atoms with E-state index in [1.807, 2.05) is 6.07 Å². The second kappa shape index (κ2) is 9.29. The van der Waals surface area contributed by atoms with Gasteiger partial charge in [-0.15, -0.1) is 10.2 Å². The van der Waals surface area contributed by atoms with E-state index in [4.69, 9.17) is 16.3 Å². The number of benzene rings is 1. The molecule has 6 nitrogen and oxygen atoms in total. The summed E-state index contributed by atoms with van der Waals surface area (Å²) < 4.78 is 5.00. The van der Waals surface area contributed by atoms with Crippen molar-refractivity contribution in [3.8, 4) is 5.88 Å². The molecule has 3 unspecified atom stereocenters. The zero-order valence-corrected chi connectivity index (χ0v) is 20.6. The molecule has 1 N–H and O–H groups in total. The maximum absolute atomic E-state index is 13.2. The summed E-state index contributed by atoms with van der Waals surface area (Å²) in [4.78, 5) is 25.6. The second-order valence-corrected chi connectivity index (χ2v) is 10.9. The van der Waals surface area contributed by atoms with Crippen molar-refractivity contribution in [3.63, 3.8) is 0 Å². The third-order valence-electron chi connectivity index (χ3n) is 8.63. The minimum atomic E-state index is -0.212. The maximum Gasteiger partial charge on any atom is 0.233 e. The van der Waals surface area contributed by atoms with Crippen LogP contribution in [0.4, 0.5) is 5.82 Å². The van der Waals surface area contributed by atoms with Crippen molar-refractivity contribution in [2.45, 2.75) is 64.2 Å². The number of carbonyl (C=O) groups is 2. The lowest BCUT2D eigenvalue weighted by molar-refractivity contribution is -0.129. The number of ether oxygens (including phenoxy) is 1. The van der Waals surface area contributed by atoms with E-state index in [2.05, 4.69) is 34.6 Å². The van der Waals surface area contributed by atoms with E-state index in [0.29, 0.717) is 54.0 Å². The van der Waals surface area contributed by atoms with Crippen molar-refractivity contribution >= 4 is 29.1 Å². The molecule has 0 bridgehead atoms. The highest BCUT2D eigenvalue weighted by atomic mass is 35.5. The van der Waals surface area contributed by atoms with Gasteiger partial charge in [0.25, 0.3) is 0 Å². The molecule has 1 amide bonds. The normalized spacial score (nSPS) is 29.7. The van der Waals surface area contributed by atoms with E-state index < -0.39 is 0 Å². The van der Waals surface area contributed by atoms with Gasteiger partial charge in [0.2, 0.25) is 11.8 Å². The van der Waals surface area contributed by atoms with Gasteiger partial charge in [0, 0.05) is 29.3 Å². The quantitative estimate of drug-likeness (QED) is 0.580. The van der Waals surface area contributed by atoms with Crippen LogP contribution in [0, 0.1) is 23.2 Å². The summed E-state index contributed by atoms with van der Waals surface area (Å²) in [5.74, 6) is 3.00. The number of nitrogens with zero attached hydrogens (tertiary/aromatic N) is 2. The first kappa shape index (κ1) is 23.3. The van der Waals surface area contributed by atoms with Crippen molar-refractivity contribution in [1.82, 2.24) is 10.2 Å². The highest BCUT2D eigenvalue weighted by molar-refractivity contribution is 6.30. The molecule has 2 fully saturated rings. The molecule has 2 saturated carbocycles. The van der Waals surface area contributed by atoms with Crippen LogP contribution in [-0.4, -0.2) is 29.0 Å². The summed E-state index contributed by atoms with van der Waals surface area (Å²) in [6.07, 6.45) is 6.95. The van der Waals surface area contributed by atoms with Gasteiger partial charge >= 0.3 is 0 Å². The molecule has 3 aliphatic rings. The molecule has 1 heterocycles. The van der Waals surface area contributed by atoms with Crippen LogP contribution in [0.5, 0.6) is 5.88 Å². The lowest BCUT2D eigenvalue weighted by Crippen LogP contribution is -2.44. The van der Waals surface area contributed by atoms with Crippen LogP contribution in [0.15, 0.2) is 30.3 Å². The van der Waals surface area contributed by atoms with Crippen LogP contribution < -0.4 is 10.1 Å². The van der Waals surface area contributed by atoms with E-state index in [-0.39, 0.29) is 11.3 Å². The van der Waals surface area contributed by atoms with Crippen LogP contribution in [-0.2, 0) is 16.0 Å². The second-order valence-electron chi connectivity index (χ2n) is 10.4. The van der Waals surface area contributed by atoms with Crippen LogP contribution >= 0.6 is 11.6 Å². The fourth-order valence-corrected chi connectivity index (χ4v) is 7.30. The SMILES string of the molecule is COc1ccc(NC(=O)CCC[C@@H]2CC(=O)[C@@]3(C)CCC4c5ccc(Cl)cc5CCC4C23)nn1. The first-order valence-electron chi connectivity index (χ1n) is 12.4. The Balaban J connectivity index is 1.24. The largest absolute Gasteiger partial charge is 0.480 e. The zero-order chi connectivity index (χ0) is 23.9. The van der Waals surface area contributed by atoms with Crippen molar-refractivity contribution in [2.75, 3.05) is 12.4 Å². The lowest BCUT2D eigenvalue weighted by Gasteiger charge is -2.50. The van der Waals surface area contributed by atoms with Crippen molar-refractivity contribution in [3.05, 3.63) is 46.5 Å². The molecule has 0 spiro atoms. The van der Waals surface area contributed by atoms with Crippen LogP contribution in [0.1, 0.15) is 68.9 Å². The highest BCUT2D eigenvalue weighted by Crippen LogP contribution is 2.62. The predicted octanol–water partition coefficient (Wildman–Crippen LogP) is 5.60. The number of aryl methyl sites for hydroxylation is 1. The Morgan fingerprint density at radius 2 is 2.09 bits per heavy atom. The number of aromatic nitrogens is 2. The zero-order valence-electron chi connectivity index (χ0n) is 19.9. The molecule has 5 rings (SSSR count). The fourth-order valence-electron chi connectivity index (χ4n) is 7.10. The lowest BCUT2D eigenvalue weighted by atomic mass is 9.54. The number of hydrogen-bond acceptors (Lipinski definition) is 5. The molecule has 0 saturated heterocycles. The third kappa shape index (κ3) is 4.21. The van der Waals surface area contributed by atoms with E-state index in [0.717, 1.165) is 43.5 Å². The molecule has 0 radical (unpaired) electrons. The molecule has 3 aliphatic carbocycles. The smallest absolute Gasteiger partial charge is 0.233 e. The van der Waals surface area contributed by atoms with Gasteiger partial charge in [-0.1, -0.05) is 24.6 Å². The fraction of sp³-hybridized carbons (Fsp3) is 0.556. The number of hydrogen-bond donors (Lipinski definition) is 1. The maximum atomic E-state index is 13.2. The van der Waals surface area contributed by atoms with Crippen LogP contribution in [0.25, 0.3) is 0 Å². The molecular weight excluding hydrogens is 450 g/mol. The Morgan fingerprint density at radius 3 is 2.85 bits per heavy atom. The number of fused-ring (bicyclic) bond motifs is 5. The number of carbonyl (C=O) groups excluding carboxylic acids is 2. The number of Topliss-reactive ketones (excluding diaryl/α,β-unsaturated/α-hetero) is 1. The molecule has 2 aromatic rings. The van der Waals surface area contributed by atoms with Crippen molar-refractivity contribution in [1.29, 1.82) is 0 Å². The van der Waals surface area contributed by atoms with E-state index in [1.54, 1.807) is 12.1 Å². The Hall–Kier alpha value is -2.47.